The molecule has 4 nitrogen and oxygen atoms in total. The first-order chi connectivity index (χ1) is 8.79. The molecular formula is C14H15NO3. The minimum Gasteiger partial charge on any atom is -0.460 e. The smallest absolute Gasteiger partial charge is 0.375 e. The summed E-state index contributed by atoms with van der Waals surface area (Å²) in [6.07, 6.45) is 2.92. The number of hydrogen-bond acceptors (Lipinski definition) is 4. The van der Waals surface area contributed by atoms with Crippen molar-refractivity contribution in [2.45, 2.75) is 19.8 Å². The van der Waals surface area contributed by atoms with Crippen molar-refractivity contribution in [3.8, 4) is 0 Å². The molecule has 0 bridgehead atoms. The fraction of sp³-hybridized carbons (Fsp3) is 0.286. The van der Waals surface area contributed by atoms with Crippen molar-refractivity contribution < 1.29 is 13.9 Å². The molecule has 0 aliphatic carbocycles. The molecule has 0 N–H and O–H groups in total. The van der Waals surface area contributed by atoms with Crippen LogP contribution in [-0.2, 0) is 17.6 Å². The fourth-order valence-corrected chi connectivity index (χ4v) is 1.62. The maximum atomic E-state index is 11.4. The zero-order valence-electron chi connectivity index (χ0n) is 10.3. The van der Waals surface area contributed by atoms with Crippen molar-refractivity contribution >= 4 is 5.97 Å². The monoisotopic (exact) mass is 245 g/mol. The molecule has 2 aromatic rings. The van der Waals surface area contributed by atoms with Crippen LogP contribution < -0.4 is 0 Å². The normalized spacial score (nSPS) is 10.3. The number of rotatable bonds is 5. The van der Waals surface area contributed by atoms with E-state index in [4.69, 9.17) is 9.15 Å². The summed E-state index contributed by atoms with van der Waals surface area (Å²) in [5.74, 6) is 0.262. The summed E-state index contributed by atoms with van der Waals surface area (Å²) in [6, 6.07) is 10.1. The molecule has 2 rings (SSSR count). The number of aryl methyl sites for hydroxylation is 2. The summed E-state index contributed by atoms with van der Waals surface area (Å²) in [5, 5.41) is 0. The van der Waals surface area contributed by atoms with Crippen molar-refractivity contribution in [3.05, 3.63) is 53.7 Å². The summed E-state index contributed by atoms with van der Waals surface area (Å²) in [4.78, 5) is 15.4. The van der Waals surface area contributed by atoms with Gasteiger partial charge in [0.2, 0.25) is 5.76 Å². The van der Waals surface area contributed by atoms with Gasteiger partial charge in [-0.15, -0.1) is 0 Å². The number of carbonyl (C=O) groups excluding carboxylic acids is 1. The zero-order valence-corrected chi connectivity index (χ0v) is 10.3. The first kappa shape index (κ1) is 12.4. The molecule has 0 saturated carbocycles. The highest BCUT2D eigenvalue weighted by atomic mass is 16.5. The van der Waals surface area contributed by atoms with Gasteiger partial charge in [0, 0.05) is 6.42 Å². The van der Waals surface area contributed by atoms with Crippen LogP contribution in [0.3, 0.4) is 0 Å². The van der Waals surface area contributed by atoms with E-state index in [0.29, 0.717) is 18.9 Å². The highest BCUT2D eigenvalue weighted by Crippen LogP contribution is 2.09. The van der Waals surface area contributed by atoms with Gasteiger partial charge < -0.3 is 9.15 Å². The second-order valence-electron chi connectivity index (χ2n) is 3.82. The topological polar surface area (TPSA) is 52.3 Å². The van der Waals surface area contributed by atoms with Crippen LogP contribution in [0, 0.1) is 0 Å². The van der Waals surface area contributed by atoms with Gasteiger partial charge in [-0.25, -0.2) is 9.78 Å². The lowest BCUT2D eigenvalue weighted by Gasteiger charge is -1.98. The summed E-state index contributed by atoms with van der Waals surface area (Å²) in [6.45, 7) is 2.09. The van der Waals surface area contributed by atoms with Crippen LogP contribution in [0.15, 0.2) is 40.9 Å². The molecule has 18 heavy (non-hydrogen) atoms. The Morgan fingerprint density at radius 1 is 1.28 bits per heavy atom. The second kappa shape index (κ2) is 6.00. The van der Waals surface area contributed by atoms with Crippen LogP contribution in [0.25, 0.3) is 0 Å². The molecule has 0 saturated heterocycles. The Balaban J connectivity index is 1.93. The molecule has 0 aliphatic rings. The summed E-state index contributed by atoms with van der Waals surface area (Å²) in [7, 11) is 0. The minimum absolute atomic E-state index is 0.167. The lowest BCUT2D eigenvalue weighted by Crippen LogP contribution is -2.02. The van der Waals surface area contributed by atoms with Crippen molar-refractivity contribution in [2.75, 3.05) is 6.61 Å². The molecule has 1 heterocycles. The predicted molar refractivity (Wildman–Crippen MR) is 66.3 cm³/mol. The largest absolute Gasteiger partial charge is 0.460 e. The maximum absolute atomic E-state index is 11.4. The van der Waals surface area contributed by atoms with Crippen LogP contribution in [0.5, 0.6) is 0 Å². The quantitative estimate of drug-likeness (QED) is 0.760. The molecule has 0 atom stereocenters. The van der Waals surface area contributed by atoms with E-state index in [1.165, 1.54) is 11.8 Å². The molecule has 1 aromatic heterocycles. The highest BCUT2D eigenvalue weighted by molar-refractivity contribution is 5.85. The standard InChI is InChI=1S/C14H15NO3/c1-2-17-14(16)12-10-15-13(18-12)9-8-11-6-4-3-5-7-11/h3-7,10H,2,8-9H2,1H3. The van der Waals surface area contributed by atoms with Gasteiger partial charge in [-0.05, 0) is 18.9 Å². The Morgan fingerprint density at radius 2 is 2.06 bits per heavy atom. The number of ether oxygens (including phenoxy) is 1. The molecule has 4 heteroatoms. The first-order valence-electron chi connectivity index (χ1n) is 5.95. The third-order valence-electron chi connectivity index (χ3n) is 2.50. The predicted octanol–water partition coefficient (Wildman–Crippen LogP) is 2.64. The third-order valence-corrected chi connectivity index (χ3v) is 2.50. The van der Waals surface area contributed by atoms with Gasteiger partial charge in [0.25, 0.3) is 0 Å². The molecule has 0 aliphatic heterocycles. The molecule has 0 amide bonds. The van der Waals surface area contributed by atoms with Gasteiger partial charge in [-0.1, -0.05) is 30.3 Å². The van der Waals surface area contributed by atoms with Crippen molar-refractivity contribution in [2.24, 2.45) is 0 Å². The highest BCUT2D eigenvalue weighted by Gasteiger charge is 2.13. The van der Waals surface area contributed by atoms with Gasteiger partial charge >= 0.3 is 5.97 Å². The molecular weight excluding hydrogens is 230 g/mol. The lowest BCUT2D eigenvalue weighted by atomic mass is 10.1. The van der Waals surface area contributed by atoms with Crippen LogP contribution in [0.1, 0.15) is 28.9 Å². The molecule has 0 radical (unpaired) electrons. The SMILES string of the molecule is CCOC(=O)c1cnc(CCc2ccccc2)o1. The number of carbonyl (C=O) groups is 1. The molecule has 0 unspecified atom stereocenters. The molecule has 94 valence electrons. The Labute approximate surface area is 106 Å². The average molecular weight is 245 g/mol. The minimum atomic E-state index is -0.462. The van der Waals surface area contributed by atoms with Crippen molar-refractivity contribution in [1.29, 1.82) is 0 Å². The van der Waals surface area contributed by atoms with Crippen LogP contribution >= 0.6 is 0 Å². The van der Waals surface area contributed by atoms with Gasteiger partial charge in [0.05, 0.1) is 12.8 Å². The number of oxazole rings is 1. The van der Waals surface area contributed by atoms with E-state index < -0.39 is 5.97 Å². The Hall–Kier alpha value is -2.10. The van der Waals surface area contributed by atoms with Gasteiger partial charge in [0.15, 0.2) is 5.89 Å². The third kappa shape index (κ3) is 3.20. The average Bonchev–Trinajstić information content (AvgIpc) is 2.87. The zero-order chi connectivity index (χ0) is 12.8. The number of aromatic nitrogens is 1. The Morgan fingerprint density at radius 3 is 2.78 bits per heavy atom. The summed E-state index contributed by atoms with van der Waals surface area (Å²) in [5.41, 5.74) is 1.22. The van der Waals surface area contributed by atoms with E-state index in [1.807, 2.05) is 18.2 Å². The van der Waals surface area contributed by atoms with E-state index in [9.17, 15) is 4.79 Å². The van der Waals surface area contributed by atoms with Gasteiger partial charge in [-0.3, -0.25) is 0 Å². The number of benzene rings is 1. The van der Waals surface area contributed by atoms with Gasteiger partial charge in [0.1, 0.15) is 0 Å². The van der Waals surface area contributed by atoms with Crippen LogP contribution in [0.2, 0.25) is 0 Å². The summed E-state index contributed by atoms with van der Waals surface area (Å²) < 4.78 is 10.2. The Kier molecular flexibility index (Phi) is 4.12. The van der Waals surface area contributed by atoms with E-state index in [1.54, 1.807) is 6.92 Å². The molecule has 0 spiro atoms. The van der Waals surface area contributed by atoms with Gasteiger partial charge in [-0.2, -0.15) is 0 Å². The van der Waals surface area contributed by atoms with E-state index in [-0.39, 0.29) is 5.76 Å². The summed E-state index contributed by atoms with van der Waals surface area (Å²) >= 11 is 0. The van der Waals surface area contributed by atoms with E-state index in [2.05, 4.69) is 17.1 Å². The fourth-order valence-electron chi connectivity index (χ4n) is 1.62. The number of esters is 1. The molecule has 1 aromatic carbocycles. The maximum Gasteiger partial charge on any atom is 0.375 e. The first-order valence-corrected chi connectivity index (χ1v) is 5.95. The van der Waals surface area contributed by atoms with Crippen LogP contribution in [-0.4, -0.2) is 17.6 Å². The second-order valence-corrected chi connectivity index (χ2v) is 3.82. The lowest BCUT2D eigenvalue weighted by molar-refractivity contribution is 0.0488. The Bertz CT molecular complexity index is 505. The number of hydrogen-bond donors (Lipinski definition) is 0. The van der Waals surface area contributed by atoms with Crippen LogP contribution in [0.4, 0.5) is 0 Å². The molecule has 0 fully saturated rings. The van der Waals surface area contributed by atoms with E-state index in [0.717, 1.165) is 6.42 Å². The van der Waals surface area contributed by atoms with E-state index >= 15 is 0 Å². The van der Waals surface area contributed by atoms with Crippen molar-refractivity contribution in [3.63, 3.8) is 0 Å². The number of nitrogens with zero attached hydrogens (tertiary/aromatic N) is 1. The van der Waals surface area contributed by atoms with Crippen molar-refractivity contribution in [1.82, 2.24) is 4.98 Å².